The van der Waals surface area contributed by atoms with Crippen LogP contribution >= 0.6 is 11.3 Å². The van der Waals surface area contributed by atoms with E-state index in [4.69, 9.17) is 4.74 Å². The van der Waals surface area contributed by atoms with E-state index in [-0.39, 0.29) is 24.4 Å². The lowest BCUT2D eigenvalue weighted by Gasteiger charge is -2.32. The van der Waals surface area contributed by atoms with Crippen LogP contribution in [0.25, 0.3) is 10.2 Å². The van der Waals surface area contributed by atoms with Gasteiger partial charge in [-0.3, -0.25) is 9.59 Å². The molecule has 2 aromatic heterocycles. The highest BCUT2D eigenvalue weighted by atomic mass is 32.1. The maximum atomic E-state index is 12.7. The number of amides is 1. The van der Waals surface area contributed by atoms with Gasteiger partial charge in [-0.25, -0.2) is 9.97 Å². The van der Waals surface area contributed by atoms with Crippen LogP contribution in [0.3, 0.4) is 0 Å². The van der Waals surface area contributed by atoms with Crippen LogP contribution in [0.2, 0.25) is 0 Å². The first-order chi connectivity index (χ1) is 16.2. The van der Waals surface area contributed by atoms with Gasteiger partial charge in [-0.15, -0.1) is 11.3 Å². The molecule has 0 aliphatic carbocycles. The summed E-state index contributed by atoms with van der Waals surface area (Å²) in [5.41, 5.74) is 4.66. The second-order valence-electron chi connectivity index (χ2n) is 9.21. The van der Waals surface area contributed by atoms with E-state index in [0.717, 1.165) is 40.3 Å². The molecule has 1 aliphatic heterocycles. The second kappa shape index (κ2) is 10.1. The average molecular weight is 481 g/mol. The molecular formula is C26H32N4O3S. The van der Waals surface area contributed by atoms with E-state index in [2.05, 4.69) is 34.8 Å². The molecule has 180 valence electrons. The Hall–Kier alpha value is -3.00. The molecule has 0 spiro atoms. The molecule has 1 aromatic carbocycles. The minimum atomic E-state index is -0.289. The van der Waals surface area contributed by atoms with Crippen LogP contribution in [0.4, 0.5) is 5.82 Å². The van der Waals surface area contributed by atoms with Crippen molar-refractivity contribution in [2.45, 2.75) is 47.1 Å². The van der Waals surface area contributed by atoms with Crippen LogP contribution in [-0.2, 0) is 20.9 Å². The number of carbonyl (C=O) groups excluding carboxylic acids is 2. The smallest absolute Gasteiger partial charge is 0.309 e. The van der Waals surface area contributed by atoms with Crippen LogP contribution in [0.15, 0.2) is 24.5 Å². The quantitative estimate of drug-likeness (QED) is 0.489. The maximum Gasteiger partial charge on any atom is 0.309 e. The van der Waals surface area contributed by atoms with Crippen molar-refractivity contribution < 1.29 is 14.3 Å². The first-order valence-corrected chi connectivity index (χ1v) is 12.5. The van der Waals surface area contributed by atoms with Gasteiger partial charge in [-0.1, -0.05) is 23.8 Å². The highest BCUT2D eigenvalue weighted by Crippen LogP contribution is 2.35. The molecule has 0 unspecified atom stereocenters. The molecule has 0 radical (unpaired) electrons. The molecule has 34 heavy (non-hydrogen) atoms. The topological polar surface area (TPSA) is 75.6 Å². The Bertz CT molecular complexity index is 1210. The lowest BCUT2D eigenvalue weighted by molar-refractivity contribution is -0.155. The SMILES string of the molecule is Cc1ccc(CN(C)C(=O)COC(=O)C2CCN(c3ncnc4sc(C)c(C)c34)CC2)c(C)c1. The number of likely N-dealkylation sites (N-methyl/N-ethyl adjacent to an activating group) is 1. The molecule has 1 fully saturated rings. The third-order valence-corrected chi connectivity index (χ3v) is 7.86. The Morgan fingerprint density at radius 1 is 1.15 bits per heavy atom. The van der Waals surface area contributed by atoms with Crippen molar-refractivity contribution in [3.05, 3.63) is 51.7 Å². The highest BCUT2D eigenvalue weighted by molar-refractivity contribution is 7.18. The summed E-state index contributed by atoms with van der Waals surface area (Å²) in [6.07, 6.45) is 2.98. The third kappa shape index (κ3) is 5.06. The fourth-order valence-corrected chi connectivity index (χ4v) is 5.45. The number of carbonyl (C=O) groups is 2. The summed E-state index contributed by atoms with van der Waals surface area (Å²) in [5, 5.41) is 1.11. The van der Waals surface area contributed by atoms with Gasteiger partial charge >= 0.3 is 5.97 Å². The number of aryl methyl sites for hydroxylation is 4. The number of aromatic nitrogens is 2. The van der Waals surface area contributed by atoms with Gasteiger partial charge in [0, 0.05) is 31.6 Å². The summed E-state index contributed by atoms with van der Waals surface area (Å²) in [7, 11) is 1.74. The van der Waals surface area contributed by atoms with Gasteiger partial charge < -0.3 is 14.5 Å². The van der Waals surface area contributed by atoms with Crippen molar-refractivity contribution >= 4 is 39.2 Å². The van der Waals surface area contributed by atoms with E-state index in [1.807, 2.05) is 26.0 Å². The van der Waals surface area contributed by atoms with Crippen LogP contribution in [0.1, 0.15) is 40.0 Å². The Morgan fingerprint density at radius 2 is 1.88 bits per heavy atom. The summed E-state index contributed by atoms with van der Waals surface area (Å²) >= 11 is 1.69. The molecular weight excluding hydrogens is 448 g/mol. The number of rotatable bonds is 6. The number of hydrogen-bond donors (Lipinski definition) is 0. The number of fused-ring (bicyclic) bond motifs is 1. The van der Waals surface area contributed by atoms with Crippen molar-refractivity contribution in [1.29, 1.82) is 0 Å². The number of benzene rings is 1. The van der Waals surface area contributed by atoms with Crippen molar-refractivity contribution in [2.75, 3.05) is 31.6 Å². The fourth-order valence-electron chi connectivity index (χ4n) is 4.46. The van der Waals surface area contributed by atoms with Crippen LogP contribution < -0.4 is 4.90 Å². The average Bonchev–Trinajstić information content (AvgIpc) is 3.12. The maximum absolute atomic E-state index is 12.7. The summed E-state index contributed by atoms with van der Waals surface area (Å²) in [6.45, 7) is 10.0. The number of thiophene rings is 1. The lowest BCUT2D eigenvalue weighted by Crippen LogP contribution is -2.38. The molecule has 0 saturated carbocycles. The van der Waals surface area contributed by atoms with E-state index in [1.54, 1.807) is 29.6 Å². The normalized spacial score (nSPS) is 14.4. The van der Waals surface area contributed by atoms with Crippen molar-refractivity contribution in [3.63, 3.8) is 0 Å². The molecule has 0 N–H and O–H groups in total. The summed E-state index contributed by atoms with van der Waals surface area (Å²) in [6, 6.07) is 6.19. The number of esters is 1. The standard InChI is InChI=1S/C26H32N4O3S/c1-16-6-7-21(17(2)12-16)13-29(5)22(31)14-33-26(32)20-8-10-30(11-9-20)24-23-18(3)19(4)34-25(23)28-15-27-24/h6-7,12,15,20H,8-11,13-14H2,1-5H3. The number of piperidine rings is 1. The zero-order chi connectivity index (χ0) is 24.4. The first kappa shape index (κ1) is 24.1. The largest absolute Gasteiger partial charge is 0.455 e. The van der Waals surface area contributed by atoms with E-state index in [0.29, 0.717) is 19.4 Å². The number of nitrogens with zero attached hydrogens (tertiary/aromatic N) is 4. The van der Waals surface area contributed by atoms with Crippen molar-refractivity contribution in [3.8, 4) is 0 Å². The zero-order valence-electron chi connectivity index (χ0n) is 20.6. The Kier molecular flexibility index (Phi) is 7.16. The van der Waals surface area contributed by atoms with Gasteiger partial charge in [0.2, 0.25) is 0 Å². The molecule has 1 aliphatic rings. The molecule has 0 bridgehead atoms. The number of anilines is 1. The zero-order valence-corrected chi connectivity index (χ0v) is 21.4. The summed E-state index contributed by atoms with van der Waals surface area (Å²) in [4.78, 5) is 40.3. The molecule has 1 saturated heterocycles. The van der Waals surface area contributed by atoms with Crippen LogP contribution in [-0.4, -0.2) is 53.5 Å². The Balaban J connectivity index is 1.29. The summed E-state index contributed by atoms with van der Waals surface area (Å²) in [5.74, 6) is 0.263. The molecule has 4 rings (SSSR count). The van der Waals surface area contributed by atoms with Crippen molar-refractivity contribution in [2.24, 2.45) is 5.92 Å². The minimum absolute atomic E-state index is 0.197. The van der Waals surface area contributed by atoms with Gasteiger partial charge in [0.05, 0.1) is 11.3 Å². The van der Waals surface area contributed by atoms with Gasteiger partial charge in [0.1, 0.15) is 17.0 Å². The molecule has 3 heterocycles. The third-order valence-electron chi connectivity index (χ3n) is 6.74. The van der Waals surface area contributed by atoms with Gasteiger partial charge in [0.25, 0.3) is 5.91 Å². The minimum Gasteiger partial charge on any atom is -0.455 e. The van der Waals surface area contributed by atoms with Crippen molar-refractivity contribution in [1.82, 2.24) is 14.9 Å². The number of ether oxygens (including phenoxy) is 1. The monoisotopic (exact) mass is 480 g/mol. The van der Waals surface area contributed by atoms with Crippen LogP contribution in [0, 0.1) is 33.6 Å². The lowest BCUT2D eigenvalue weighted by atomic mass is 9.97. The van der Waals surface area contributed by atoms with Crippen LogP contribution in [0.5, 0.6) is 0 Å². The first-order valence-electron chi connectivity index (χ1n) is 11.7. The van der Waals surface area contributed by atoms with Gasteiger partial charge in [-0.2, -0.15) is 0 Å². The predicted octanol–water partition coefficient (Wildman–Crippen LogP) is 4.34. The molecule has 3 aromatic rings. The highest BCUT2D eigenvalue weighted by Gasteiger charge is 2.29. The summed E-state index contributed by atoms with van der Waals surface area (Å²) < 4.78 is 5.41. The van der Waals surface area contributed by atoms with Gasteiger partial charge in [-0.05, 0) is 57.2 Å². The molecule has 0 atom stereocenters. The Morgan fingerprint density at radius 3 is 2.59 bits per heavy atom. The second-order valence-corrected chi connectivity index (χ2v) is 10.4. The van der Waals surface area contributed by atoms with E-state index >= 15 is 0 Å². The van der Waals surface area contributed by atoms with E-state index in [1.165, 1.54) is 16.0 Å². The number of hydrogen-bond acceptors (Lipinski definition) is 7. The fraction of sp³-hybridized carbons (Fsp3) is 0.462. The van der Waals surface area contributed by atoms with Gasteiger partial charge in [0.15, 0.2) is 6.61 Å². The predicted molar refractivity (Wildman–Crippen MR) is 135 cm³/mol. The molecule has 8 heteroatoms. The molecule has 1 amide bonds. The van der Waals surface area contributed by atoms with E-state index < -0.39 is 0 Å². The Labute approximate surface area is 204 Å². The molecule has 7 nitrogen and oxygen atoms in total. The van der Waals surface area contributed by atoms with E-state index in [9.17, 15) is 9.59 Å².